The van der Waals surface area contributed by atoms with E-state index in [0.717, 1.165) is 0 Å². The van der Waals surface area contributed by atoms with Gasteiger partial charge in [-0.2, -0.15) is 0 Å². The van der Waals surface area contributed by atoms with Gasteiger partial charge in [0.05, 0.1) is 12.7 Å². The lowest BCUT2D eigenvalue weighted by Gasteiger charge is -2.10. The third-order valence-electron chi connectivity index (χ3n) is 2.46. The molecule has 0 saturated carbocycles. The first-order valence-electron chi connectivity index (χ1n) is 5.51. The van der Waals surface area contributed by atoms with E-state index in [1.807, 2.05) is 18.2 Å². The number of hydrogen-bond donors (Lipinski definition) is 1. The summed E-state index contributed by atoms with van der Waals surface area (Å²) in [5.41, 5.74) is 1.44. The van der Waals surface area contributed by atoms with Gasteiger partial charge < -0.3 is 9.84 Å². The second kappa shape index (κ2) is 6.45. The van der Waals surface area contributed by atoms with Gasteiger partial charge in [-0.1, -0.05) is 43.0 Å². The summed E-state index contributed by atoms with van der Waals surface area (Å²) in [6.45, 7) is 5.46. The molecule has 0 aliphatic rings. The fourth-order valence-corrected chi connectivity index (χ4v) is 1.68. The van der Waals surface area contributed by atoms with Gasteiger partial charge in [0.2, 0.25) is 0 Å². The summed E-state index contributed by atoms with van der Waals surface area (Å²) in [4.78, 5) is 11.3. The third kappa shape index (κ3) is 2.88. The Kier molecular flexibility index (Phi) is 4.93. The molecular weight excluding hydrogens is 228 g/mol. The van der Waals surface area contributed by atoms with Crippen LogP contribution in [-0.4, -0.2) is 18.2 Å². The van der Waals surface area contributed by atoms with Crippen molar-refractivity contribution in [2.24, 2.45) is 0 Å². The van der Waals surface area contributed by atoms with Crippen LogP contribution in [0.4, 0.5) is 0 Å². The van der Waals surface area contributed by atoms with Gasteiger partial charge in [-0.25, -0.2) is 4.79 Å². The van der Waals surface area contributed by atoms with Gasteiger partial charge in [0, 0.05) is 5.56 Å². The van der Waals surface area contributed by atoms with E-state index in [1.54, 1.807) is 32.3 Å². The Labute approximate surface area is 107 Å². The molecule has 1 rings (SSSR count). The van der Waals surface area contributed by atoms with Gasteiger partial charge in [0.15, 0.2) is 0 Å². The van der Waals surface area contributed by atoms with Gasteiger partial charge in [0.1, 0.15) is 5.75 Å². The van der Waals surface area contributed by atoms with Crippen molar-refractivity contribution in [1.29, 1.82) is 0 Å². The summed E-state index contributed by atoms with van der Waals surface area (Å²) in [5.74, 6) is -0.371. The SMILES string of the molecule is C=C/C(=C(\C=C/C)C(=O)O)c1ccccc1OC. The molecule has 0 unspecified atom stereocenters. The summed E-state index contributed by atoms with van der Waals surface area (Å²) in [7, 11) is 1.55. The van der Waals surface area contributed by atoms with Gasteiger partial charge in [0.25, 0.3) is 0 Å². The van der Waals surface area contributed by atoms with E-state index in [4.69, 9.17) is 4.74 Å². The van der Waals surface area contributed by atoms with Crippen molar-refractivity contribution in [3.63, 3.8) is 0 Å². The maximum Gasteiger partial charge on any atom is 0.336 e. The van der Waals surface area contributed by atoms with E-state index in [-0.39, 0.29) is 5.57 Å². The number of carboxylic acid groups (broad SMARTS) is 1. The number of hydrogen-bond acceptors (Lipinski definition) is 2. The minimum absolute atomic E-state index is 0.192. The monoisotopic (exact) mass is 244 g/mol. The number of ether oxygens (including phenoxy) is 1. The van der Waals surface area contributed by atoms with Crippen LogP contribution in [0.25, 0.3) is 5.57 Å². The fourth-order valence-electron chi connectivity index (χ4n) is 1.68. The molecule has 0 heterocycles. The lowest BCUT2D eigenvalue weighted by Crippen LogP contribution is -2.02. The molecule has 94 valence electrons. The lowest BCUT2D eigenvalue weighted by molar-refractivity contribution is -0.132. The van der Waals surface area contributed by atoms with Crippen LogP contribution in [0.5, 0.6) is 5.75 Å². The maximum absolute atomic E-state index is 11.3. The predicted molar refractivity (Wildman–Crippen MR) is 72.6 cm³/mol. The van der Waals surface area contributed by atoms with E-state index in [2.05, 4.69) is 6.58 Å². The minimum atomic E-state index is -0.992. The zero-order valence-electron chi connectivity index (χ0n) is 10.5. The Morgan fingerprint density at radius 2 is 2.06 bits per heavy atom. The highest BCUT2D eigenvalue weighted by Gasteiger charge is 2.13. The summed E-state index contributed by atoms with van der Waals surface area (Å²) in [6.07, 6.45) is 4.76. The van der Waals surface area contributed by atoms with Crippen molar-refractivity contribution in [3.05, 3.63) is 60.2 Å². The minimum Gasteiger partial charge on any atom is -0.496 e. The normalized spacial score (nSPS) is 12.1. The van der Waals surface area contributed by atoms with Crippen molar-refractivity contribution in [2.75, 3.05) is 7.11 Å². The second-order valence-corrected chi connectivity index (χ2v) is 3.54. The predicted octanol–water partition coefficient (Wildman–Crippen LogP) is 3.30. The van der Waals surface area contributed by atoms with E-state index in [9.17, 15) is 9.90 Å². The van der Waals surface area contributed by atoms with Crippen LogP contribution < -0.4 is 4.74 Å². The number of benzene rings is 1. The number of allylic oxidation sites excluding steroid dienone is 3. The molecule has 0 aliphatic heterocycles. The van der Waals surface area contributed by atoms with Gasteiger partial charge in [-0.05, 0) is 18.6 Å². The van der Waals surface area contributed by atoms with Gasteiger partial charge >= 0.3 is 5.97 Å². The lowest BCUT2D eigenvalue weighted by atomic mass is 9.98. The van der Waals surface area contributed by atoms with Crippen molar-refractivity contribution in [3.8, 4) is 5.75 Å². The van der Waals surface area contributed by atoms with Crippen LogP contribution >= 0.6 is 0 Å². The standard InChI is InChI=1S/C15H16O3/c1-4-8-13(15(16)17)11(5-2)12-9-6-7-10-14(12)18-3/h4-10H,2H2,1,3H3,(H,16,17)/b8-4-,13-11-. The first-order valence-corrected chi connectivity index (χ1v) is 5.51. The summed E-state index contributed by atoms with van der Waals surface area (Å²) < 4.78 is 5.24. The summed E-state index contributed by atoms with van der Waals surface area (Å²) >= 11 is 0. The van der Waals surface area contributed by atoms with Crippen molar-refractivity contribution < 1.29 is 14.6 Å². The van der Waals surface area contributed by atoms with Crippen LogP contribution in [-0.2, 0) is 4.79 Å². The third-order valence-corrected chi connectivity index (χ3v) is 2.46. The van der Waals surface area contributed by atoms with E-state index < -0.39 is 5.97 Å². The highest BCUT2D eigenvalue weighted by Crippen LogP contribution is 2.29. The number of carboxylic acids is 1. The Bertz CT molecular complexity index is 510. The molecule has 0 spiro atoms. The molecule has 1 aromatic carbocycles. The van der Waals surface area contributed by atoms with Crippen LogP contribution in [0.3, 0.4) is 0 Å². The highest BCUT2D eigenvalue weighted by atomic mass is 16.5. The molecule has 0 aliphatic carbocycles. The fraction of sp³-hybridized carbons (Fsp3) is 0.133. The smallest absolute Gasteiger partial charge is 0.336 e. The Balaban J connectivity index is 3.52. The Hall–Kier alpha value is -2.29. The van der Waals surface area contributed by atoms with Gasteiger partial charge in [-0.3, -0.25) is 0 Å². The van der Waals surface area contributed by atoms with E-state index >= 15 is 0 Å². The quantitative estimate of drug-likeness (QED) is 0.638. The number of para-hydroxylation sites is 1. The average Bonchev–Trinajstić information content (AvgIpc) is 2.39. The number of aliphatic carboxylic acids is 1. The van der Waals surface area contributed by atoms with Crippen molar-refractivity contribution in [1.82, 2.24) is 0 Å². The Morgan fingerprint density at radius 1 is 1.39 bits per heavy atom. The highest BCUT2D eigenvalue weighted by molar-refractivity contribution is 6.02. The molecular formula is C15H16O3. The van der Waals surface area contributed by atoms with Crippen LogP contribution in [0.1, 0.15) is 12.5 Å². The maximum atomic E-state index is 11.3. The molecule has 0 atom stereocenters. The zero-order valence-corrected chi connectivity index (χ0v) is 10.5. The van der Waals surface area contributed by atoms with Crippen molar-refractivity contribution in [2.45, 2.75) is 6.92 Å². The molecule has 0 bridgehead atoms. The summed E-state index contributed by atoms with van der Waals surface area (Å²) in [5, 5.41) is 9.23. The van der Waals surface area contributed by atoms with E-state index in [1.165, 1.54) is 6.08 Å². The van der Waals surface area contributed by atoms with Crippen molar-refractivity contribution >= 4 is 11.5 Å². The molecule has 0 radical (unpaired) electrons. The Morgan fingerprint density at radius 3 is 2.56 bits per heavy atom. The molecule has 0 amide bonds. The van der Waals surface area contributed by atoms with Gasteiger partial charge in [-0.15, -0.1) is 0 Å². The van der Waals surface area contributed by atoms with E-state index in [0.29, 0.717) is 16.9 Å². The number of methoxy groups -OCH3 is 1. The first-order chi connectivity index (χ1) is 8.65. The molecule has 1 N–H and O–H groups in total. The first kappa shape index (κ1) is 13.8. The largest absolute Gasteiger partial charge is 0.496 e. The molecule has 0 saturated heterocycles. The molecule has 3 heteroatoms. The average molecular weight is 244 g/mol. The van der Waals surface area contributed by atoms with Crippen LogP contribution in [0, 0.1) is 0 Å². The topological polar surface area (TPSA) is 46.5 Å². The zero-order chi connectivity index (χ0) is 13.5. The molecule has 3 nitrogen and oxygen atoms in total. The number of rotatable bonds is 5. The number of carbonyl (C=O) groups is 1. The molecule has 0 fully saturated rings. The second-order valence-electron chi connectivity index (χ2n) is 3.54. The molecule has 1 aromatic rings. The van der Waals surface area contributed by atoms with Crippen LogP contribution in [0.15, 0.2) is 54.6 Å². The van der Waals surface area contributed by atoms with Crippen LogP contribution in [0.2, 0.25) is 0 Å². The molecule has 18 heavy (non-hydrogen) atoms. The molecule has 0 aromatic heterocycles. The summed E-state index contributed by atoms with van der Waals surface area (Å²) in [6, 6.07) is 7.26.